The molecule has 0 spiro atoms. The van der Waals surface area contributed by atoms with Gasteiger partial charge in [-0.3, -0.25) is 4.79 Å². The number of carbonyl (C=O) groups is 2. The van der Waals surface area contributed by atoms with Gasteiger partial charge in [0.25, 0.3) is 0 Å². The highest BCUT2D eigenvalue weighted by atomic mass is 16.4. The molecule has 3 atom stereocenters. The lowest BCUT2D eigenvalue weighted by atomic mass is 9.93. The normalized spacial score (nSPS) is 34.8. The molecule has 1 N–H and O–H groups in total. The van der Waals surface area contributed by atoms with Crippen LogP contribution < -0.4 is 0 Å². The van der Waals surface area contributed by atoms with E-state index in [1.165, 1.54) is 12.8 Å². The number of amides is 1. The molecule has 3 fully saturated rings. The molecule has 3 unspecified atom stereocenters. The molecule has 1 heterocycles. The summed E-state index contributed by atoms with van der Waals surface area (Å²) >= 11 is 0. The first kappa shape index (κ1) is 13.9. The van der Waals surface area contributed by atoms with E-state index in [0.717, 1.165) is 44.9 Å². The van der Waals surface area contributed by atoms with E-state index in [1.54, 1.807) is 4.90 Å². The Morgan fingerprint density at radius 1 is 0.900 bits per heavy atom. The Morgan fingerprint density at radius 3 is 2.25 bits per heavy atom. The smallest absolute Gasteiger partial charge is 0.326 e. The van der Waals surface area contributed by atoms with E-state index in [2.05, 4.69) is 0 Å². The monoisotopic (exact) mass is 279 g/mol. The average molecular weight is 279 g/mol. The molecule has 0 bridgehead atoms. The van der Waals surface area contributed by atoms with Crippen LogP contribution in [0.2, 0.25) is 0 Å². The van der Waals surface area contributed by atoms with Gasteiger partial charge in [-0.15, -0.1) is 0 Å². The van der Waals surface area contributed by atoms with Crippen LogP contribution in [0.25, 0.3) is 0 Å². The third-order valence-corrected chi connectivity index (χ3v) is 5.63. The molecule has 3 rings (SSSR count). The number of hydrogen-bond acceptors (Lipinski definition) is 2. The molecule has 4 nitrogen and oxygen atoms in total. The van der Waals surface area contributed by atoms with Crippen LogP contribution in [0.5, 0.6) is 0 Å². The molecule has 0 radical (unpaired) electrons. The summed E-state index contributed by atoms with van der Waals surface area (Å²) in [6.45, 7) is 0.691. The number of carboxylic acids is 1. The maximum Gasteiger partial charge on any atom is 0.326 e. The van der Waals surface area contributed by atoms with Gasteiger partial charge in [0.15, 0.2) is 0 Å². The van der Waals surface area contributed by atoms with Gasteiger partial charge in [-0.25, -0.2) is 4.79 Å². The van der Waals surface area contributed by atoms with Gasteiger partial charge in [0, 0.05) is 12.5 Å². The van der Waals surface area contributed by atoms with Crippen LogP contribution in [-0.2, 0) is 9.59 Å². The van der Waals surface area contributed by atoms with Gasteiger partial charge in [-0.05, 0) is 37.5 Å². The van der Waals surface area contributed by atoms with Crippen LogP contribution in [0.15, 0.2) is 0 Å². The number of aliphatic carboxylic acids is 1. The van der Waals surface area contributed by atoms with Crippen LogP contribution in [0.1, 0.15) is 57.8 Å². The highest BCUT2D eigenvalue weighted by molar-refractivity contribution is 5.86. The fourth-order valence-electron chi connectivity index (χ4n) is 4.61. The van der Waals surface area contributed by atoms with Crippen molar-refractivity contribution in [2.45, 2.75) is 63.8 Å². The van der Waals surface area contributed by atoms with Crippen molar-refractivity contribution >= 4 is 11.9 Å². The summed E-state index contributed by atoms with van der Waals surface area (Å²) in [5.74, 6) is 0.0707. The second-order valence-corrected chi connectivity index (χ2v) is 6.82. The van der Waals surface area contributed by atoms with Gasteiger partial charge >= 0.3 is 5.97 Å². The minimum atomic E-state index is -0.790. The van der Waals surface area contributed by atoms with Gasteiger partial charge in [0.1, 0.15) is 6.04 Å². The predicted molar refractivity (Wildman–Crippen MR) is 75.2 cm³/mol. The van der Waals surface area contributed by atoms with Crippen molar-refractivity contribution in [3.05, 3.63) is 0 Å². The van der Waals surface area contributed by atoms with Crippen molar-refractivity contribution < 1.29 is 14.7 Å². The van der Waals surface area contributed by atoms with Gasteiger partial charge < -0.3 is 10.0 Å². The molecule has 0 aromatic rings. The Bertz CT molecular complexity index is 387. The van der Waals surface area contributed by atoms with Gasteiger partial charge in [0.2, 0.25) is 5.91 Å². The molecule has 3 aliphatic rings. The van der Waals surface area contributed by atoms with Crippen LogP contribution >= 0.6 is 0 Å². The number of hydrogen-bond donors (Lipinski definition) is 1. The van der Waals surface area contributed by atoms with E-state index >= 15 is 0 Å². The highest BCUT2D eigenvalue weighted by Gasteiger charge is 2.50. The zero-order valence-corrected chi connectivity index (χ0v) is 12.1. The van der Waals surface area contributed by atoms with E-state index < -0.39 is 12.0 Å². The third-order valence-electron chi connectivity index (χ3n) is 5.63. The van der Waals surface area contributed by atoms with E-state index in [1.807, 2.05) is 0 Å². The lowest BCUT2D eigenvalue weighted by Gasteiger charge is -2.28. The molecular formula is C16H25NO3. The van der Waals surface area contributed by atoms with E-state index in [0.29, 0.717) is 12.5 Å². The molecule has 1 saturated heterocycles. The number of nitrogens with zero attached hydrogens (tertiary/aromatic N) is 1. The molecule has 2 aliphatic carbocycles. The highest BCUT2D eigenvalue weighted by Crippen LogP contribution is 2.43. The number of likely N-dealkylation sites (tertiary alicyclic amines) is 1. The molecular weight excluding hydrogens is 254 g/mol. The van der Waals surface area contributed by atoms with Crippen molar-refractivity contribution in [1.29, 1.82) is 0 Å². The Hall–Kier alpha value is -1.06. The largest absolute Gasteiger partial charge is 0.480 e. The van der Waals surface area contributed by atoms with Crippen molar-refractivity contribution in [3.63, 3.8) is 0 Å². The summed E-state index contributed by atoms with van der Waals surface area (Å²) < 4.78 is 0. The molecule has 112 valence electrons. The first-order chi connectivity index (χ1) is 9.68. The van der Waals surface area contributed by atoms with E-state index in [4.69, 9.17) is 0 Å². The van der Waals surface area contributed by atoms with Crippen molar-refractivity contribution in [1.82, 2.24) is 4.90 Å². The molecule has 20 heavy (non-hydrogen) atoms. The number of fused-ring (bicyclic) bond motifs is 1. The molecule has 4 heteroatoms. The molecule has 2 saturated carbocycles. The van der Waals surface area contributed by atoms with Crippen LogP contribution in [-0.4, -0.2) is 34.5 Å². The first-order valence-electron chi connectivity index (χ1n) is 8.22. The standard InChI is InChI=1S/C16H25NO3/c18-15(11-6-3-1-2-4-7-11)17-10-12-8-5-9-13(12)14(17)16(19)20/h11-14H,1-10H2,(H,19,20). The lowest BCUT2D eigenvalue weighted by molar-refractivity contribution is -0.151. The van der Waals surface area contributed by atoms with E-state index in [-0.39, 0.29) is 17.7 Å². The Balaban J connectivity index is 1.74. The van der Waals surface area contributed by atoms with Crippen LogP contribution in [0, 0.1) is 17.8 Å². The lowest BCUT2D eigenvalue weighted by Crippen LogP contribution is -2.45. The van der Waals surface area contributed by atoms with Crippen molar-refractivity contribution in [2.24, 2.45) is 17.8 Å². The van der Waals surface area contributed by atoms with Gasteiger partial charge in [-0.2, -0.15) is 0 Å². The minimum absolute atomic E-state index is 0.0816. The second-order valence-electron chi connectivity index (χ2n) is 6.82. The van der Waals surface area contributed by atoms with Crippen molar-refractivity contribution in [3.8, 4) is 0 Å². The number of carboxylic acid groups (broad SMARTS) is 1. The Kier molecular flexibility index (Phi) is 3.99. The fraction of sp³-hybridized carbons (Fsp3) is 0.875. The summed E-state index contributed by atoms with van der Waals surface area (Å²) in [6, 6.07) is -0.543. The summed E-state index contributed by atoms with van der Waals surface area (Å²) in [6.07, 6.45) is 9.80. The van der Waals surface area contributed by atoms with E-state index in [9.17, 15) is 14.7 Å². The zero-order chi connectivity index (χ0) is 14.1. The van der Waals surface area contributed by atoms with Gasteiger partial charge in [0.05, 0.1) is 0 Å². The van der Waals surface area contributed by atoms with Gasteiger partial charge in [-0.1, -0.05) is 32.1 Å². The second kappa shape index (κ2) is 5.74. The molecule has 1 amide bonds. The third kappa shape index (κ3) is 2.45. The topological polar surface area (TPSA) is 57.6 Å². The number of rotatable bonds is 2. The summed E-state index contributed by atoms with van der Waals surface area (Å²) in [7, 11) is 0. The van der Waals surface area contributed by atoms with Crippen LogP contribution in [0.3, 0.4) is 0 Å². The SMILES string of the molecule is O=C(O)C1C2CCCC2CN1C(=O)C1CCCCCC1. The maximum atomic E-state index is 12.8. The van der Waals surface area contributed by atoms with Crippen molar-refractivity contribution in [2.75, 3.05) is 6.54 Å². The Labute approximate surface area is 120 Å². The Morgan fingerprint density at radius 2 is 1.60 bits per heavy atom. The maximum absolute atomic E-state index is 12.8. The minimum Gasteiger partial charge on any atom is -0.480 e. The molecule has 0 aromatic heterocycles. The van der Waals surface area contributed by atoms with Crippen LogP contribution in [0.4, 0.5) is 0 Å². The fourth-order valence-corrected chi connectivity index (χ4v) is 4.61. The first-order valence-corrected chi connectivity index (χ1v) is 8.22. The predicted octanol–water partition coefficient (Wildman–Crippen LogP) is 2.67. The zero-order valence-electron chi connectivity index (χ0n) is 12.1. The number of carbonyl (C=O) groups excluding carboxylic acids is 1. The summed E-state index contributed by atoms with van der Waals surface area (Å²) in [4.78, 5) is 26.1. The summed E-state index contributed by atoms with van der Waals surface area (Å²) in [5.41, 5.74) is 0. The quantitative estimate of drug-likeness (QED) is 0.791. The molecule has 1 aliphatic heterocycles. The summed E-state index contributed by atoms with van der Waals surface area (Å²) in [5, 5.41) is 9.54. The average Bonchev–Trinajstić information content (AvgIpc) is 2.88. The molecule has 0 aromatic carbocycles.